The molecule has 0 unspecified atom stereocenters. The van der Waals surface area contributed by atoms with E-state index in [1.807, 2.05) is 24.3 Å². The van der Waals surface area contributed by atoms with Gasteiger partial charge in [-0.25, -0.2) is 4.98 Å². The Labute approximate surface area is 153 Å². The van der Waals surface area contributed by atoms with Crippen LogP contribution in [0.3, 0.4) is 0 Å². The lowest BCUT2D eigenvalue weighted by molar-refractivity contribution is -0.144. The number of anilines is 1. The van der Waals surface area contributed by atoms with Gasteiger partial charge in [0.15, 0.2) is 12.2 Å². The second-order valence-electron chi connectivity index (χ2n) is 5.10. The number of nitrogens with zero attached hydrogens (tertiary/aromatic N) is 2. The molecule has 1 amide bonds. The fourth-order valence-electron chi connectivity index (χ4n) is 2.10. The molecule has 0 bridgehead atoms. The number of rotatable bonds is 6. The lowest BCUT2D eigenvalue weighted by Gasteiger charge is -2.07. The van der Waals surface area contributed by atoms with E-state index >= 15 is 0 Å². The summed E-state index contributed by atoms with van der Waals surface area (Å²) in [6, 6.07) is 15.8. The number of hydrogen-bond acceptors (Lipinski definition) is 7. The molecule has 0 saturated heterocycles. The van der Waals surface area contributed by atoms with E-state index in [9.17, 15) is 9.59 Å². The van der Waals surface area contributed by atoms with Gasteiger partial charge in [-0.1, -0.05) is 36.0 Å². The summed E-state index contributed by atoms with van der Waals surface area (Å²) in [6.07, 6.45) is 0. The van der Waals surface area contributed by atoms with Crippen LogP contribution < -0.4 is 5.32 Å². The largest absolute Gasteiger partial charge is 0.455 e. The van der Waals surface area contributed by atoms with Crippen molar-refractivity contribution in [1.82, 2.24) is 4.98 Å². The highest BCUT2D eigenvalue weighted by atomic mass is 32.2. The monoisotopic (exact) mass is 367 g/mol. The molecule has 8 heteroatoms. The van der Waals surface area contributed by atoms with E-state index in [1.54, 1.807) is 30.3 Å². The number of hydrogen-bond donors (Lipinski definition) is 1. The summed E-state index contributed by atoms with van der Waals surface area (Å²) in [4.78, 5) is 27.8. The zero-order chi connectivity index (χ0) is 18.4. The molecular formula is C18H13N3O4S. The van der Waals surface area contributed by atoms with Crippen molar-refractivity contribution < 1.29 is 18.7 Å². The molecule has 1 N–H and O–H groups in total. The van der Waals surface area contributed by atoms with Gasteiger partial charge >= 0.3 is 5.97 Å². The number of para-hydroxylation sites is 3. The fourth-order valence-corrected chi connectivity index (χ4v) is 2.73. The van der Waals surface area contributed by atoms with Crippen LogP contribution in [-0.2, 0) is 14.3 Å². The van der Waals surface area contributed by atoms with E-state index in [1.165, 1.54) is 0 Å². The lowest BCUT2D eigenvalue weighted by Crippen LogP contribution is -2.22. The molecule has 0 atom stereocenters. The molecule has 0 fully saturated rings. The zero-order valence-corrected chi connectivity index (χ0v) is 14.3. The van der Waals surface area contributed by atoms with Gasteiger partial charge in [0.2, 0.25) is 0 Å². The van der Waals surface area contributed by atoms with Gasteiger partial charge in [-0.2, -0.15) is 5.26 Å². The number of oxazole rings is 1. The van der Waals surface area contributed by atoms with Crippen LogP contribution >= 0.6 is 11.8 Å². The van der Waals surface area contributed by atoms with Crippen molar-refractivity contribution in [2.24, 2.45) is 0 Å². The van der Waals surface area contributed by atoms with Crippen molar-refractivity contribution in [1.29, 1.82) is 5.26 Å². The first-order chi connectivity index (χ1) is 12.7. The van der Waals surface area contributed by atoms with E-state index in [0.717, 1.165) is 11.8 Å². The minimum atomic E-state index is -0.569. The van der Waals surface area contributed by atoms with Crippen LogP contribution in [0.25, 0.3) is 11.1 Å². The molecule has 0 aliphatic heterocycles. The Morgan fingerprint density at radius 1 is 1.19 bits per heavy atom. The molecular weight excluding hydrogens is 354 g/mol. The highest BCUT2D eigenvalue weighted by molar-refractivity contribution is 7.99. The number of esters is 1. The maximum Gasteiger partial charge on any atom is 0.316 e. The fraction of sp³-hybridized carbons (Fsp3) is 0.111. The highest BCUT2D eigenvalue weighted by Crippen LogP contribution is 2.23. The molecule has 7 nitrogen and oxygen atoms in total. The van der Waals surface area contributed by atoms with Crippen molar-refractivity contribution in [3.8, 4) is 6.07 Å². The summed E-state index contributed by atoms with van der Waals surface area (Å²) in [6.45, 7) is -0.438. The van der Waals surface area contributed by atoms with Gasteiger partial charge in [0.1, 0.15) is 17.3 Å². The third-order valence-electron chi connectivity index (χ3n) is 3.27. The van der Waals surface area contributed by atoms with Gasteiger partial charge in [0.25, 0.3) is 11.1 Å². The van der Waals surface area contributed by atoms with Crippen molar-refractivity contribution in [3.05, 3.63) is 54.1 Å². The Kier molecular flexibility index (Phi) is 5.51. The molecule has 0 aliphatic rings. The van der Waals surface area contributed by atoms with Crippen LogP contribution in [0.4, 0.5) is 5.69 Å². The number of carbonyl (C=O) groups excluding carboxylic acids is 2. The number of ether oxygens (including phenoxy) is 1. The number of fused-ring (bicyclic) bond motifs is 1. The summed E-state index contributed by atoms with van der Waals surface area (Å²) in [5.41, 5.74) is 2.05. The SMILES string of the molecule is N#Cc1ccccc1NC(=O)COC(=O)CSc1nc2ccccc2o1. The Balaban J connectivity index is 1.46. The number of nitriles is 1. The Hall–Kier alpha value is -3.31. The highest BCUT2D eigenvalue weighted by Gasteiger charge is 2.12. The Morgan fingerprint density at radius 3 is 2.77 bits per heavy atom. The average molecular weight is 367 g/mol. The van der Waals surface area contributed by atoms with Crippen LogP contribution in [-0.4, -0.2) is 29.2 Å². The quantitative estimate of drug-likeness (QED) is 0.527. The number of benzene rings is 2. The van der Waals surface area contributed by atoms with Crippen LogP contribution in [0.5, 0.6) is 0 Å². The first kappa shape index (κ1) is 17.5. The van der Waals surface area contributed by atoms with Gasteiger partial charge in [-0.05, 0) is 24.3 Å². The number of thioether (sulfide) groups is 1. The number of amides is 1. The van der Waals surface area contributed by atoms with Crippen molar-refractivity contribution >= 4 is 40.4 Å². The van der Waals surface area contributed by atoms with Crippen molar-refractivity contribution in [3.63, 3.8) is 0 Å². The zero-order valence-electron chi connectivity index (χ0n) is 13.5. The van der Waals surface area contributed by atoms with Gasteiger partial charge in [-0.3, -0.25) is 9.59 Å². The predicted molar refractivity (Wildman–Crippen MR) is 95.5 cm³/mol. The molecule has 3 rings (SSSR count). The maximum atomic E-state index is 11.8. The second kappa shape index (κ2) is 8.18. The Morgan fingerprint density at radius 2 is 1.96 bits per heavy atom. The summed E-state index contributed by atoms with van der Waals surface area (Å²) < 4.78 is 10.4. The molecule has 1 aromatic heterocycles. The van der Waals surface area contributed by atoms with Gasteiger partial charge < -0.3 is 14.5 Å². The topological polar surface area (TPSA) is 105 Å². The molecule has 26 heavy (non-hydrogen) atoms. The minimum Gasteiger partial charge on any atom is -0.455 e. The van der Waals surface area contributed by atoms with Crippen LogP contribution in [0.2, 0.25) is 0 Å². The van der Waals surface area contributed by atoms with Gasteiger partial charge in [-0.15, -0.1) is 0 Å². The molecule has 0 spiro atoms. The van der Waals surface area contributed by atoms with Crippen LogP contribution in [0.15, 0.2) is 58.2 Å². The normalized spacial score (nSPS) is 10.3. The second-order valence-corrected chi connectivity index (χ2v) is 6.03. The smallest absolute Gasteiger partial charge is 0.316 e. The standard InChI is InChI=1S/C18H13N3O4S/c19-9-12-5-1-2-6-13(12)20-16(22)10-24-17(23)11-26-18-21-14-7-3-4-8-15(14)25-18/h1-8H,10-11H2,(H,20,22). The molecule has 130 valence electrons. The number of carbonyl (C=O) groups is 2. The first-order valence-corrected chi connectivity index (χ1v) is 8.57. The predicted octanol–water partition coefficient (Wildman–Crippen LogP) is 2.97. The Bertz CT molecular complexity index is 960. The number of aromatic nitrogens is 1. The third kappa shape index (κ3) is 4.40. The molecule has 2 aromatic carbocycles. The summed E-state index contributed by atoms with van der Waals surface area (Å²) in [5, 5.41) is 11.9. The van der Waals surface area contributed by atoms with E-state index in [4.69, 9.17) is 14.4 Å². The molecule has 0 saturated carbocycles. The minimum absolute atomic E-state index is 0.0329. The van der Waals surface area contributed by atoms with Crippen molar-refractivity contribution in [2.45, 2.75) is 5.22 Å². The van der Waals surface area contributed by atoms with Crippen LogP contribution in [0.1, 0.15) is 5.56 Å². The number of nitrogens with one attached hydrogen (secondary N) is 1. The summed E-state index contributed by atoms with van der Waals surface area (Å²) in [7, 11) is 0. The summed E-state index contributed by atoms with van der Waals surface area (Å²) >= 11 is 1.09. The van der Waals surface area contributed by atoms with Gasteiger partial charge in [0, 0.05) is 0 Å². The third-order valence-corrected chi connectivity index (χ3v) is 4.08. The average Bonchev–Trinajstić information content (AvgIpc) is 3.08. The lowest BCUT2D eigenvalue weighted by atomic mass is 10.2. The molecule has 0 radical (unpaired) electrons. The van der Waals surface area contributed by atoms with E-state index < -0.39 is 18.5 Å². The van der Waals surface area contributed by atoms with E-state index in [2.05, 4.69) is 10.3 Å². The van der Waals surface area contributed by atoms with Gasteiger partial charge in [0.05, 0.1) is 11.3 Å². The molecule has 0 aliphatic carbocycles. The van der Waals surface area contributed by atoms with E-state index in [0.29, 0.717) is 27.6 Å². The van der Waals surface area contributed by atoms with Crippen molar-refractivity contribution in [2.75, 3.05) is 17.7 Å². The molecule has 3 aromatic rings. The van der Waals surface area contributed by atoms with E-state index in [-0.39, 0.29) is 5.75 Å². The van der Waals surface area contributed by atoms with Crippen LogP contribution in [0, 0.1) is 11.3 Å². The molecule has 1 heterocycles. The maximum absolute atomic E-state index is 11.8. The first-order valence-electron chi connectivity index (χ1n) is 7.58. The summed E-state index contributed by atoms with van der Waals surface area (Å²) in [5.74, 6) is -1.12.